The predicted molar refractivity (Wildman–Crippen MR) is 39.4 cm³/mol. The van der Waals surface area contributed by atoms with Crippen molar-refractivity contribution in [3.63, 3.8) is 0 Å². The van der Waals surface area contributed by atoms with Crippen LogP contribution in [0, 0.1) is 0 Å². The number of hydrogen-bond donors (Lipinski definition) is 1. The van der Waals surface area contributed by atoms with Crippen LogP contribution in [0.1, 0.15) is 12.8 Å². The zero-order valence-corrected chi connectivity index (χ0v) is 7.65. The summed E-state index contributed by atoms with van der Waals surface area (Å²) in [6.45, 7) is 0. The van der Waals surface area contributed by atoms with E-state index in [2.05, 4.69) is 13.6 Å². The fraction of sp³-hybridized carbons (Fsp3) is 0.500. The molecule has 76 valence electrons. The second-order valence-electron chi connectivity index (χ2n) is 2.91. The van der Waals surface area contributed by atoms with E-state index in [0.29, 0.717) is 0 Å². The molecule has 0 saturated carbocycles. The van der Waals surface area contributed by atoms with Crippen molar-refractivity contribution in [1.29, 1.82) is 0 Å². The smallest absolute Gasteiger partial charge is 0.377 e. The van der Waals surface area contributed by atoms with Gasteiger partial charge >= 0.3 is 26.5 Å². The predicted octanol–water partition coefficient (Wildman–Crippen LogP) is -0.619. The zero-order valence-electron chi connectivity index (χ0n) is 6.76. The minimum absolute atomic E-state index is 0.584. The zero-order chi connectivity index (χ0) is 10.3. The van der Waals surface area contributed by atoms with Crippen molar-refractivity contribution in [2.45, 2.75) is 18.4 Å². The Morgan fingerprint density at radius 1 is 1.07 bits per heavy atom. The molecule has 2 aliphatic heterocycles. The van der Waals surface area contributed by atoms with Gasteiger partial charge in [-0.1, -0.05) is 0 Å². The highest BCUT2D eigenvalue weighted by Crippen LogP contribution is 2.48. The number of fused-ring (bicyclic) bond motifs is 3. The van der Waals surface area contributed by atoms with Crippen LogP contribution < -0.4 is 0 Å². The van der Waals surface area contributed by atoms with E-state index in [1.165, 1.54) is 0 Å². The van der Waals surface area contributed by atoms with E-state index in [9.17, 15) is 19.5 Å². The van der Waals surface area contributed by atoms with Crippen LogP contribution in [0.15, 0.2) is 0 Å². The molecule has 0 aromatic heterocycles. The van der Waals surface area contributed by atoms with Crippen molar-refractivity contribution >= 4 is 26.5 Å². The first kappa shape index (κ1) is 9.36. The SMILES string of the molecule is O=C1CC2(O)CC(=O)OP(O1)OC2=O. The number of rotatable bonds is 0. The standard InChI is InChI=1S/C6H5O7P/c7-3-1-6(10)2-4(8)12-14(11-3)13-5(6)9/h10H,1-2H2. The van der Waals surface area contributed by atoms with Crippen LogP contribution in [0.2, 0.25) is 0 Å². The third-order valence-electron chi connectivity index (χ3n) is 1.76. The molecule has 0 aliphatic carbocycles. The molecule has 14 heavy (non-hydrogen) atoms. The largest absolute Gasteiger partial charge is 0.537 e. The van der Waals surface area contributed by atoms with Crippen LogP contribution in [0.4, 0.5) is 0 Å². The molecule has 2 rings (SSSR count). The van der Waals surface area contributed by atoms with Crippen molar-refractivity contribution in [2.75, 3.05) is 0 Å². The van der Waals surface area contributed by atoms with E-state index in [4.69, 9.17) is 0 Å². The molecule has 1 N–H and O–H groups in total. The maximum Gasteiger partial charge on any atom is 0.537 e. The minimum atomic E-state index is -2.32. The van der Waals surface area contributed by atoms with Crippen LogP contribution >= 0.6 is 8.60 Å². The Kier molecular flexibility index (Phi) is 1.94. The Balaban J connectivity index is 2.39. The van der Waals surface area contributed by atoms with Gasteiger partial charge < -0.3 is 18.7 Å². The highest BCUT2D eigenvalue weighted by molar-refractivity contribution is 7.43. The maximum absolute atomic E-state index is 11.2. The van der Waals surface area contributed by atoms with E-state index < -0.39 is 45.0 Å². The molecule has 2 heterocycles. The molecule has 0 aromatic carbocycles. The lowest BCUT2D eigenvalue weighted by atomic mass is 9.96. The van der Waals surface area contributed by atoms with Crippen molar-refractivity contribution < 1.29 is 33.1 Å². The van der Waals surface area contributed by atoms with Gasteiger partial charge in [0, 0.05) is 0 Å². The quantitative estimate of drug-likeness (QED) is 0.543. The van der Waals surface area contributed by atoms with E-state index >= 15 is 0 Å². The number of aliphatic hydroxyl groups is 1. The molecule has 0 unspecified atom stereocenters. The van der Waals surface area contributed by atoms with Gasteiger partial charge in [0.25, 0.3) is 0 Å². The number of hydrogen-bond acceptors (Lipinski definition) is 7. The molecule has 0 aromatic rings. The number of carbonyl (C=O) groups is 3. The molecule has 0 atom stereocenters. The summed E-state index contributed by atoms with van der Waals surface area (Å²) in [6.07, 6.45) is -1.17. The van der Waals surface area contributed by atoms with Crippen LogP contribution in [0.3, 0.4) is 0 Å². The summed E-state index contributed by atoms with van der Waals surface area (Å²) in [7, 11) is -2.32. The van der Waals surface area contributed by atoms with E-state index in [1.54, 1.807) is 0 Å². The first-order valence-corrected chi connectivity index (χ1v) is 4.76. The Labute approximate surface area is 78.9 Å². The van der Waals surface area contributed by atoms with Crippen LogP contribution in [0.25, 0.3) is 0 Å². The van der Waals surface area contributed by atoms with Crippen molar-refractivity contribution in [3.05, 3.63) is 0 Å². The molecule has 2 bridgehead atoms. The van der Waals surface area contributed by atoms with Gasteiger partial charge in [-0.25, -0.2) is 4.79 Å². The highest BCUT2D eigenvalue weighted by atomic mass is 31.2. The average molecular weight is 220 g/mol. The summed E-state index contributed by atoms with van der Waals surface area (Å²) in [6, 6.07) is 0. The van der Waals surface area contributed by atoms with Crippen molar-refractivity contribution in [1.82, 2.24) is 0 Å². The Hall–Kier alpha value is -1.20. The summed E-state index contributed by atoms with van der Waals surface area (Å²) < 4.78 is 13.4. The molecular weight excluding hydrogens is 215 g/mol. The van der Waals surface area contributed by atoms with E-state index in [0.717, 1.165) is 0 Å². The first-order valence-electron chi connectivity index (χ1n) is 3.66. The van der Waals surface area contributed by atoms with Gasteiger partial charge in [0.2, 0.25) is 0 Å². The van der Waals surface area contributed by atoms with Crippen molar-refractivity contribution in [3.8, 4) is 0 Å². The average Bonchev–Trinajstić information content (AvgIpc) is 2.13. The maximum atomic E-state index is 11.2. The summed E-state index contributed by atoms with van der Waals surface area (Å²) in [5.74, 6) is -2.70. The van der Waals surface area contributed by atoms with Crippen LogP contribution in [-0.4, -0.2) is 28.6 Å². The second-order valence-corrected chi connectivity index (χ2v) is 3.91. The van der Waals surface area contributed by atoms with Gasteiger partial charge in [-0.2, -0.15) is 0 Å². The summed E-state index contributed by atoms with van der Waals surface area (Å²) >= 11 is 0. The Bertz CT molecular complexity index is 304. The van der Waals surface area contributed by atoms with Gasteiger partial charge in [0.1, 0.15) is 0 Å². The second kappa shape index (κ2) is 2.90. The summed E-state index contributed by atoms with van der Waals surface area (Å²) in [4.78, 5) is 33.1. The monoisotopic (exact) mass is 220 g/mol. The minimum Gasteiger partial charge on any atom is -0.377 e. The highest BCUT2D eigenvalue weighted by Gasteiger charge is 2.52. The third kappa shape index (κ3) is 1.44. The molecule has 8 heteroatoms. The molecule has 0 amide bonds. The molecule has 0 radical (unpaired) electrons. The molecule has 2 aliphatic rings. The van der Waals surface area contributed by atoms with Crippen molar-refractivity contribution in [2.24, 2.45) is 0 Å². The van der Waals surface area contributed by atoms with Crippen LogP contribution in [0.5, 0.6) is 0 Å². The van der Waals surface area contributed by atoms with Gasteiger partial charge in [-0.3, -0.25) is 9.59 Å². The Morgan fingerprint density at radius 3 is 2.07 bits per heavy atom. The normalized spacial score (nSPS) is 36.6. The van der Waals surface area contributed by atoms with E-state index in [-0.39, 0.29) is 0 Å². The van der Waals surface area contributed by atoms with Gasteiger partial charge in [0.15, 0.2) is 5.60 Å². The fourth-order valence-electron chi connectivity index (χ4n) is 1.12. The topological polar surface area (TPSA) is 99.1 Å². The first-order chi connectivity index (χ1) is 6.49. The fourth-order valence-corrected chi connectivity index (χ4v) is 2.00. The lowest BCUT2D eigenvalue weighted by Gasteiger charge is -2.17. The summed E-state index contributed by atoms with van der Waals surface area (Å²) in [5.41, 5.74) is -2.14. The van der Waals surface area contributed by atoms with Crippen LogP contribution in [-0.2, 0) is 28.0 Å². The molecule has 2 saturated heterocycles. The third-order valence-corrected chi connectivity index (χ3v) is 2.78. The van der Waals surface area contributed by atoms with Gasteiger partial charge in [0.05, 0.1) is 12.8 Å². The van der Waals surface area contributed by atoms with Gasteiger partial charge in [-0.05, 0) is 0 Å². The molecular formula is C6H5O7P. The van der Waals surface area contributed by atoms with E-state index in [1.807, 2.05) is 0 Å². The van der Waals surface area contributed by atoms with Gasteiger partial charge in [-0.15, -0.1) is 0 Å². The number of carbonyl (C=O) groups excluding carboxylic acids is 3. The molecule has 2 fully saturated rings. The summed E-state index contributed by atoms with van der Waals surface area (Å²) in [5, 5.41) is 9.62. The molecule has 0 spiro atoms. The Morgan fingerprint density at radius 2 is 1.57 bits per heavy atom. The molecule has 7 nitrogen and oxygen atoms in total. The lowest BCUT2D eigenvalue weighted by molar-refractivity contribution is -0.161. The lowest BCUT2D eigenvalue weighted by Crippen LogP contribution is -2.41.